The molecule has 0 aromatic carbocycles. The van der Waals surface area contributed by atoms with Gasteiger partial charge < -0.3 is 34.3 Å². The van der Waals surface area contributed by atoms with Crippen molar-refractivity contribution >= 4 is 11.8 Å². The second-order valence-corrected chi connectivity index (χ2v) is 14.4. The van der Waals surface area contributed by atoms with Crippen molar-refractivity contribution in [2.45, 2.75) is 217 Å². The molecule has 0 bridgehead atoms. The summed E-state index contributed by atoms with van der Waals surface area (Å²) in [6, 6.07) is 0. The van der Waals surface area contributed by atoms with E-state index >= 15 is 0 Å². The van der Waals surface area contributed by atoms with Crippen molar-refractivity contribution in [2.24, 2.45) is 5.92 Å². The van der Waals surface area contributed by atoms with E-state index in [9.17, 15) is 24.9 Å². The first kappa shape index (κ1) is 38.4. The fourth-order valence-corrected chi connectivity index (χ4v) is 7.56. The summed E-state index contributed by atoms with van der Waals surface area (Å²) >= 11 is 0. The molecule has 9 atom stereocenters. The Bertz CT molecular complexity index is 820. The number of ether oxygens (including phenoxy) is 3. The Morgan fingerprint density at radius 2 is 1.16 bits per heavy atom. The minimum absolute atomic E-state index is 0.0377. The molecular weight excluding hydrogens is 572 g/mol. The van der Waals surface area contributed by atoms with Crippen LogP contribution in [0.1, 0.15) is 168 Å². The van der Waals surface area contributed by atoms with Crippen LogP contribution >= 0.6 is 0 Å². The highest BCUT2D eigenvalue weighted by atomic mass is 16.6. The molecule has 8 heteroatoms. The summed E-state index contributed by atoms with van der Waals surface area (Å²) in [4.78, 5) is 23.2. The Hall–Kier alpha value is -1.06. The summed E-state index contributed by atoms with van der Waals surface area (Å²) in [7, 11) is 0. The number of rotatable bonds is 25. The maximum atomic E-state index is 11.9. The monoisotopic (exact) mass is 638 g/mol. The number of Topliss-reactive ketones (excluding diaryl/α,β-unsaturated/α-hetero) is 1. The van der Waals surface area contributed by atoms with Crippen molar-refractivity contribution in [3.63, 3.8) is 0 Å². The van der Waals surface area contributed by atoms with Crippen LogP contribution in [0.5, 0.6) is 0 Å². The third-order valence-corrected chi connectivity index (χ3v) is 10.4. The number of carbonyl (C=O) groups excluding carboxylic acids is 2. The van der Waals surface area contributed by atoms with E-state index < -0.39 is 18.3 Å². The molecule has 3 rings (SSSR count). The van der Waals surface area contributed by atoms with Gasteiger partial charge in [-0.1, -0.05) is 84.0 Å². The number of hydrogen-bond acceptors (Lipinski definition) is 8. The largest absolute Gasteiger partial charge is 0.462 e. The predicted molar refractivity (Wildman–Crippen MR) is 176 cm³/mol. The van der Waals surface area contributed by atoms with Crippen LogP contribution in [0.15, 0.2) is 0 Å². The topological polar surface area (TPSA) is 123 Å². The van der Waals surface area contributed by atoms with Gasteiger partial charge in [-0.25, -0.2) is 0 Å². The highest BCUT2D eigenvalue weighted by Gasteiger charge is 2.36. The lowest BCUT2D eigenvalue weighted by atomic mass is 9.96. The summed E-state index contributed by atoms with van der Waals surface area (Å²) in [6.45, 7) is 3.77. The third-order valence-electron chi connectivity index (χ3n) is 10.4. The molecule has 0 spiro atoms. The van der Waals surface area contributed by atoms with Gasteiger partial charge in [-0.2, -0.15) is 0 Å². The first-order chi connectivity index (χ1) is 21.8. The van der Waals surface area contributed by atoms with Gasteiger partial charge in [0.2, 0.25) is 0 Å². The number of cyclic esters (lactones) is 1. The van der Waals surface area contributed by atoms with Crippen molar-refractivity contribution in [3.05, 3.63) is 0 Å². The molecule has 3 aliphatic rings. The van der Waals surface area contributed by atoms with Gasteiger partial charge in [0, 0.05) is 6.42 Å². The summed E-state index contributed by atoms with van der Waals surface area (Å²) < 4.78 is 17.7. The lowest BCUT2D eigenvalue weighted by Gasteiger charge is -2.24. The van der Waals surface area contributed by atoms with E-state index in [2.05, 4.69) is 6.92 Å². The normalized spacial score (nSPS) is 28.8. The minimum atomic E-state index is -0.636. The standard InChI is InChI=1S/C37H66O8/c1-3-4-5-6-7-8-9-10-11-15-18-31(39)35-23-24-36(45-35)33(41)21-20-32(40)34-22-19-29(43-34)16-13-12-14-17-30-26-28(25-27(2)38)37(42)44-30/h28-36,39-41H,3-26H2,1-2H3/t28-,29-,30-,31?,32+,33-,34?,35?,36-/m1/s1. The van der Waals surface area contributed by atoms with Gasteiger partial charge in [-0.05, 0) is 77.6 Å². The van der Waals surface area contributed by atoms with Crippen LogP contribution in [0.25, 0.3) is 0 Å². The Kier molecular flexibility index (Phi) is 18.5. The molecule has 0 aromatic heterocycles. The average molecular weight is 639 g/mol. The van der Waals surface area contributed by atoms with E-state index in [1.807, 2.05) is 0 Å². The predicted octanol–water partition coefficient (Wildman–Crippen LogP) is 7.12. The molecule has 0 amide bonds. The van der Waals surface area contributed by atoms with Crippen molar-refractivity contribution in [1.29, 1.82) is 0 Å². The van der Waals surface area contributed by atoms with Crippen LogP contribution in [0, 0.1) is 5.92 Å². The Balaban J connectivity index is 1.18. The van der Waals surface area contributed by atoms with Crippen molar-refractivity contribution in [3.8, 4) is 0 Å². The zero-order valence-electron chi connectivity index (χ0n) is 28.5. The number of esters is 1. The maximum Gasteiger partial charge on any atom is 0.309 e. The van der Waals surface area contributed by atoms with Gasteiger partial charge in [0.15, 0.2) is 0 Å². The van der Waals surface area contributed by atoms with Crippen LogP contribution < -0.4 is 0 Å². The SMILES string of the molecule is CCCCCCCCCCCCC(O)C1CC[C@H]([C@H](O)CC[C@H](O)C2CC[C@@H](CCCCC[C@@H]3C[C@@H](CC(C)=O)C(=O)O3)O2)O1. The van der Waals surface area contributed by atoms with Gasteiger partial charge in [0.05, 0.1) is 48.6 Å². The van der Waals surface area contributed by atoms with Gasteiger partial charge >= 0.3 is 5.97 Å². The minimum Gasteiger partial charge on any atom is -0.462 e. The molecule has 3 aliphatic heterocycles. The molecule has 3 N–H and O–H groups in total. The number of hydrogen-bond donors (Lipinski definition) is 3. The number of aliphatic hydroxyl groups excluding tert-OH is 3. The molecule has 3 saturated heterocycles. The van der Waals surface area contributed by atoms with E-state index in [4.69, 9.17) is 14.2 Å². The Morgan fingerprint density at radius 3 is 1.76 bits per heavy atom. The smallest absolute Gasteiger partial charge is 0.309 e. The summed E-state index contributed by atoms with van der Waals surface area (Å²) in [5.74, 6) is -0.445. The van der Waals surface area contributed by atoms with E-state index in [1.165, 1.54) is 58.3 Å². The number of unbranched alkanes of at least 4 members (excludes halogenated alkanes) is 11. The van der Waals surface area contributed by atoms with Crippen LogP contribution in [-0.4, -0.2) is 75.9 Å². The highest BCUT2D eigenvalue weighted by Crippen LogP contribution is 2.32. The average Bonchev–Trinajstić information content (AvgIpc) is 3.77. The second-order valence-electron chi connectivity index (χ2n) is 14.4. The van der Waals surface area contributed by atoms with E-state index in [-0.39, 0.29) is 48.2 Å². The van der Waals surface area contributed by atoms with Gasteiger partial charge in [0.1, 0.15) is 11.9 Å². The van der Waals surface area contributed by atoms with Crippen LogP contribution in [-0.2, 0) is 23.8 Å². The zero-order chi connectivity index (χ0) is 32.4. The van der Waals surface area contributed by atoms with E-state index in [1.54, 1.807) is 0 Å². The Labute approximate surface area is 273 Å². The molecule has 0 saturated carbocycles. The van der Waals surface area contributed by atoms with Crippen molar-refractivity contribution in [1.82, 2.24) is 0 Å². The van der Waals surface area contributed by atoms with Gasteiger partial charge in [-0.15, -0.1) is 0 Å². The molecule has 45 heavy (non-hydrogen) atoms. The van der Waals surface area contributed by atoms with Gasteiger partial charge in [-0.3, -0.25) is 4.79 Å². The number of aliphatic hydroxyl groups is 3. The van der Waals surface area contributed by atoms with E-state index in [0.717, 1.165) is 77.0 Å². The molecule has 3 heterocycles. The van der Waals surface area contributed by atoms with Crippen LogP contribution in [0.4, 0.5) is 0 Å². The highest BCUT2D eigenvalue weighted by molar-refractivity contribution is 5.83. The fourth-order valence-electron chi connectivity index (χ4n) is 7.56. The molecule has 8 nitrogen and oxygen atoms in total. The maximum absolute atomic E-state index is 11.9. The first-order valence-corrected chi connectivity index (χ1v) is 18.8. The second kappa shape index (κ2) is 21.7. The van der Waals surface area contributed by atoms with E-state index in [0.29, 0.717) is 25.7 Å². The van der Waals surface area contributed by atoms with Crippen molar-refractivity contribution < 1.29 is 39.1 Å². The summed E-state index contributed by atoms with van der Waals surface area (Å²) in [5, 5.41) is 32.2. The fraction of sp³-hybridized carbons (Fsp3) is 0.946. The number of ketones is 1. The third kappa shape index (κ3) is 14.7. The molecule has 262 valence electrons. The molecular formula is C37H66O8. The lowest BCUT2D eigenvalue weighted by Crippen LogP contribution is -2.33. The quantitative estimate of drug-likeness (QED) is 0.0714. The number of carbonyl (C=O) groups is 2. The first-order valence-electron chi connectivity index (χ1n) is 18.8. The van der Waals surface area contributed by atoms with Crippen LogP contribution in [0.3, 0.4) is 0 Å². The Morgan fingerprint density at radius 1 is 0.667 bits per heavy atom. The molecule has 3 fully saturated rings. The molecule has 0 aliphatic carbocycles. The lowest BCUT2D eigenvalue weighted by molar-refractivity contribution is -0.145. The molecule has 3 unspecified atom stereocenters. The zero-order valence-corrected chi connectivity index (χ0v) is 28.5. The van der Waals surface area contributed by atoms with Crippen molar-refractivity contribution in [2.75, 3.05) is 0 Å². The van der Waals surface area contributed by atoms with Gasteiger partial charge in [0.25, 0.3) is 0 Å². The summed E-state index contributed by atoms with van der Waals surface area (Å²) in [6.07, 6.45) is 21.4. The van der Waals surface area contributed by atoms with Crippen LogP contribution in [0.2, 0.25) is 0 Å². The summed E-state index contributed by atoms with van der Waals surface area (Å²) in [5.41, 5.74) is 0. The molecule has 0 aromatic rings. The molecule has 0 radical (unpaired) electrons.